The molecule has 0 bridgehead atoms. The lowest BCUT2D eigenvalue weighted by Crippen LogP contribution is -2.54. The van der Waals surface area contributed by atoms with Gasteiger partial charge in [0.1, 0.15) is 11.6 Å². The van der Waals surface area contributed by atoms with Crippen molar-refractivity contribution in [2.24, 2.45) is 11.0 Å². The van der Waals surface area contributed by atoms with Crippen molar-refractivity contribution in [1.29, 1.82) is 0 Å². The predicted molar refractivity (Wildman–Crippen MR) is 141 cm³/mol. The highest BCUT2D eigenvalue weighted by molar-refractivity contribution is 5.89. The molecular formula is C29H38F2N4O2. The second kappa shape index (κ2) is 10.9. The highest BCUT2D eigenvalue weighted by Gasteiger charge is 2.42. The van der Waals surface area contributed by atoms with E-state index in [4.69, 9.17) is 0 Å². The van der Waals surface area contributed by atoms with E-state index in [1.54, 1.807) is 0 Å². The van der Waals surface area contributed by atoms with E-state index in [1.807, 2.05) is 0 Å². The lowest BCUT2D eigenvalue weighted by molar-refractivity contribution is -0.120. The number of hydrogen-bond acceptors (Lipinski definition) is 5. The number of hydrogen-bond donors (Lipinski definition) is 4. The third kappa shape index (κ3) is 6.54. The summed E-state index contributed by atoms with van der Waals surface area (Å²) in [4.78, 5) is 11.9. The second-order valence-corrected chi connectivity index (χ2v) is 11.5. The minimum Gasteiger partial charge on any atom is -0.390 e. The van der Waals surface area contributed by atoms with Crippen molar-refractivity contribution in [3.8, 4) is 0 Å². The van der Waals surface area contributed by atoms with E-state index in [1.165, 1.54) is 35.9 Å². The molecule has 1 aliphatic heterocycles. The van der Waals surface area contributed by atoms with E-state index in [0.29, 0.717) is 11.5 Å². The zero-order valence-electron chi connectivity index (χ0n) is 22.1. The van der Waals surface area contributed by atoms with E-state index in [9.17, 15) is 18.7 Å². The molecule has 1 aliphatic carbocycles. The number of amides is 1. The number of carbonyl (C=O) groups is 1. The molecule has 37 heavy (non-hydrogen) atoms. The molecule has 0 aromatic heterocycles. The Morgan fingerprint density at radius 2 is 1.95 bits per heavy atom. The molecule has 0 radical (unpaired) electrons. The summed E-state index contributed by atoms with van der Waals surface area (Å²) in [5.74, 6) is -1.39. The SMILES string of the molecule is CC(=O)NC(Cc1cc(F)cc(F)c1)C(O)CNC1(c2cccc(C(C)(C)C)c2)CCC2=NNCC2C1. The molecule has 1 amide bonds. The van der Waals surface area contributed by atoms with E-state index in [2.05, 4.69) is 66.2 Å². The van der Waals surface area contributed by atoms with Gasteiger partial charge in [0, 0.05) is 43.2 Å². The topological polar surface area (TPSA) is 85.8 Å². The summed E-state index contributed by atoms with van der Waals surface area (Å²) in [7, 11) is 0. The predicted octanol–water partition coefficient (Wildman–Crippen LogP) is 3.91. The van der Waals surface area contributed by atoms with Crippen LogP contribution in [0.1, 0.15) is 63.6 Å². The van der Waals surface area contributed by atoms with Crippen molar-refractivity contribution < 1.29 is 18.7 Å². The van der Waals surface area contributed by atoms with Gasteiger partial charge in [0.15, 0.2) is 0 Å². The average Bonchev–Trinajstić information content (AvgIpc) is 3.28. The molecule has 0 saturated heterocycles. The van der Waals surface area contributed by atoms with Gasteiger partial charge in [-0.3, -0.25) is 4.79 Å². The zero-order chi connectivity index (χ0) is 26.8. The van der Waals surface area contributed by atoms with Crippen LogP contribution in [0.5, 0.6) is 0 Å². The van der Waals surface area contributed by atoms with Crippen molar-refractivity contribution in [3.63, 3.8) is 0 Å². The van der Waals surface area contributed by atoms with Crippen molar-refractivity contribution in [1.82, 2.24) is 16.1 Å². The minimum atomic E-state index is -0.977. The van der Waals surface area contributed by atoms with Gasteiger partial charge in [0.25, 0.3) is 0 Å². The molecule has 1 fully saturated rings. The third-order valence-electron chi connectivity index (χ3n) is 7.60. The van der Waals surface area contributed by atoms with Gasteiger partial charge in [-0.25, -0.2) is 8.78 Å². The lowest BCUT2D eigenvalue weighted by Gasteiger charge is -2.43. The third-order valence-corrected chi connectivity index (χ3v) is 7.60. The molecular weight excluding hydrogens is 474 g/mol. The van der Waals surface area contributed by atoms with Crippen LogP contribution in [0.25, 0.3) is 0 Å². The Balaban J connectivity index is 1.58. The second-order valence-electron chi connectivity index (χ2n) is 11.5. The highest BCUT2D eigenvalue weighted by atomic mass is 19.1. The Morgan fingerprint density at radius 1 is 1.22 bits per heavy atom. The van der Waals surface area contributed by atoms with Gasteiger partial charge in [-0.2, -0.15) is 5.10 Å². The molecule has 4 rings (SSSR count). The van der Waals surface area contributed by atoms with Crippen LogP contribution in [0.3, 0.4) is 0 Å². The Labute approximate surface area is 217 Å². The van der Waals surface area contributed by atoms with Crippen LogP contribution in [0.15, 0.2) is 47.6 Å². The molecule has 4 N–H and O–H groups in total. The molecule has 2 aliphatic rings. The number of nitrogens with one attached hydrogen (secondary N) is 3. The number of rotatable bonds is 8. The molecule has 200 valence electrons. The van der Waals surface area contributed by atoms with Crippen LogP contribution in [-0.2, 0) is 22.2 Å². The molecule has 4 unspecified atom stereocenters. The number of aliphatic hydroxyl groups is 1. The number of aliphatic hydroxyl groups excluding tert-OH is 1. The summed E-state index contributed by atoms with van der Waals surface area (Å²) in [5, 5.41) is 22.1. The summed E-state index contributed by atoms with van der Waals surface area (Å²) in [6.07, 6.45) is 1.63. The van der Waals surface area contributed by atoms with Crippen molar-refractivity contribution in [2.75, 3.05) is 13.1 Å². The quantitative estimate of drug-likeness (QED) is 0.432. The fourth-order valence-corrected chi connectivity index (χ4v) is 5.56. The van der Waals surface area contributed by atoms with Gasteiger partial charge >= 0.3 is 0 Å². The fourth-order valence-electron chi connectivity index (χ4n) is 5.56. The van der Waals surface area contributed by atoms with Crippen molar-refractivity contribution in [3.05, 3.63) is 70.8 Å². The first kappa shape index (κ1) is 27.2. The standard InChI is InChI=1S/C29H38F2N4O2/c1-18(36)34-26(12-19-10-23(30)14-24(31)11-19)27(37)17-32-29(9-8-25-20(15-29)16-33-35-25)22-7-5-6-21(13-22)28(2,3)4/h5-7,10-11,13-14,20,26-27,32-33,37H,8-9,12,15-17H2,1-4H3,(H,34,36). The summed E-state index contributed by atoms with van der Waals surface area (Å²) < 4.78 is 27.6. The Morgan fingerprint density at radius 3 is 2.62 bits per heavy atom. The fraction of sp³-hybridized carbons (Fsp3) is 0.517. The molecule has 0 spiro atoms. The summed E-state index contributed by atoms with van der Waals surface area (Å²) in [6, 6.07) is 11.2. The van der Waals surface area contributed by atoms with Gasteiger partial charge in [0.2, 0.25) is 5.91 Å². The summed E-state index contributed by atoms with van der Waals surface area (Å²) in [6.45, 7) is 8.93. The first-order valence-corrected chi connectivity index (χ1v) is 13.0. The minimum absolute atomic E-state index is 0.0103. The molecule has 4 atom stereocenters. The first-order chi connectivity index (χ1) is 17.4. The summed E-state index contributed by atoms with van der Waals surface area (Å²) >= 11 is 0. The van der Waals surface area contributed by atoms with Gasteiger partial charge in [-0.15, -0.1) is 0 Å². The monoisotopic (exact) mass is 512 g/mol. The number of nitrogens with zero attached hydrogens (tertiary/aromatic N) is 1. The van der Waals surface area contributed by atoms with Gasteiger partial charge in [-0.1, -0.05) is 45.0 Å². The number of halogens is 2. The summed E-state index contributed by atoms with van der Waals surface area (Å²) in [5.41, 5.74) is 6.70. The average molecular weight is 513 g/mol. The lowest BCUT2D eigenvalue weighted by atomic mass is 9.70. The molecule has 2 aromatic rings. The van der Waals surface area contributed by atoms with E-state index < -0.39 is 23.8 Å². The normalized spacial score (nSPS) is 23.0. The van der Waals surface area contributed by atoms with Crippen molar-refractivity contribution >= 4 is 11.6 Å². The highest BCUT2D eigenvalue weighted by Crippen LogP contribution is 2.41. The number of benzene rings is 2. The molecule has 1 saturated carbocycles. The van der Waals surface area contributed by atoms with Crippen LogP contribution in [0, 0.1) is 17.6 Å². The van der Waals surface area contributed by atoms with Crippen LogP contribution in [0.2, 0.25) is 0 Å². The largest absolute Gasteiger partial charge is 0.390 e. The molecule has 6 nitrogen and oxygen atoms in total. The van der Waals surface area contributed by atoms with Crippen LogP contribution in [-0.4, -0.2) is 42.0 Å². The Hall–Kier alpha value is -2.84. The van der Waals surface area contributed by atoms with E-state index in [0.717, 1.165) is 31.9 Å². The maximum atomic E-state index is 13.8. The number of carbonyl (C=O) groups excluding carboxylic acids is 1. The van der Waals surface area contributed by atoms with Gasteiger partial charge in [-0.05, 0) is 59.9 Å². The maximum absolute atomic E-state index is 13.8. The van der Waals surface area contributed by atoms with Crippen molar-refractivity contribution in [2.45, 2.75) is 76.5 Å². The van der Waals surface area contributed by atoms with Gasteiger partial charge in [0.05, 0.1) is 12.1 Å². The molecule has 8 heteroatoms. The van der Waals surface area contributed by atoms with E-state index >= 15 is 0 Å². The van der Waals surface area contributed by atoms with Crippen LogP contribution >= 0.6 is 0 Å². The molecule has 2 aromatic carbocycles. The van der Waals surface area contributed by atoms with Crippen LogP contribution in [0.4, 0.5) is 8.78 Å². The Bertz CT molecular complexity index is 1140. The maximum Gasteiger partial charge on any atom is 0.217 e. The molecule has 1 heterocycles. The number of fused-ring (bicyclic) bond motifs is 1. The zero-order valence-corrected chi connectivity index (χ0v) is 22.1. The smallest absolute Gasteiger partial charge is 0.217 e. The van der Waals surface area contributed by atoms with Gasteiger partial charge < -0.3 is 21.2 Å². The van der Waals surface area contributed by atoms with E-state index in [-0.39, 0.29) is 29.8 Å². The first-order valence-electron chi connectivity index (χ1n) is 13.0. The number of hydrazone groups is 1. The van der Waals surface area contributed by atoms with Crippen LogP contribution < -0.4 is 16.1 Å². The Kier molecular flexibility index (Phi) is 7.99.